The van der Waals surface area contributed by atoms with E-state index in [4.69, 9.17) is 4.74 Å². The molecule has 4 heteroatoms. The number of ether oxygens (including phenoxy) is 1. The smallest absolute Gasteiger partial charge is 0.194 e. The van der Waals surface area contributed by atoms with E-state index < -0.39 is 0 Å². The van der Waals surface area contributed by atoms with Crippen molar-refractivity contribution in [1.29, 1.82) is 0 Å². The van der Waals surface area contributed by atoms with Crippen LogP contribution in [-0.4, -0.2) is 12.4 Å². The lowest BCUT2D eigenvalue weighted by atomic mass is 10.0. The summed E-state index contributed by atoms with van der Waals surface area (Å²) >= 11 is 6.85. The average molecular weight is 398 g/mol. The predicted molar refractivity (Wildman–Crippen MR) is 87.5 cm³/mol. The molecule has 2 rings (SSSR count). The topological polar surface area (TPSA) is 26.3 Å². The number of benzene rings is 2. The quantitative estimate of drug-likeness (QED) is 0.645. The van der Waals surface area contributed by atoms with Crippen LogP contribution in [0.3, 0.4) is 0 Å². The van der Waals surface area contributed by atoms with Crippen molar-refractivity contribution in [2.75, 3.05) is 6.61 Å². The Morgan fingerprint density at radius 2 is 1.85 bits per heavy atom. The molecule has 2 aromatic rings. The predicted octanol–water partition coefficient (Wildman–Crippen LogP) is 5.23. The molecule has 0 aromatic heterocycles. The van der Waals surface area contributed by atoms with Crippen LogP contribution in [-0.2, 0) is 0 Å². The number of hydrogen-bond acceptors (Lipinski definition) is 2. The maximum absolute atomic E-state index is 12.5. The van der Waals surface area contributed by atoms with Gasteiger partial charge in [-0.15, -0.1) is 0 Å². The maximum atomic E-state index is 12.5. The molecule has 2 aromatic carbocycles. The van der Waals surface area contributed by atoms with Gasteiger partial charge in [0.25, 0.3) is 0 Å². The van der Waals surface area contributed by atoms with Crippen molar-refractivity contribution in [2.45, 2.75) is 13.3 Å². The first-order valence-electron chi connectivity index (χ1n) is 6.35. The average Bonchev–Trinajstić information content (AvgIpc) is 2.46. The third kappa shape index (κ3) is 3.49. The minimum absolute atomic E-state index is 0.0137. The molecule has 0 N–H and O–H groups in total. The Balaban J connectivity index is 2.28. The zero-order valence-corrected chi connectivity index (χ0v) is 14.2. The van der Waals surface area contributed by atoms with E-state index in [0.717, 1.165) is 21.1 Å². The van der Waals surface area contributed by atoms with E-state index >= 15 is 0 Å². The summed E-state index contributed by atoms with van der Waals surface area (Å²) in [4.78, 5) is 12.5. The Labute approximate surface area is 135 Å². The summed E-state index contributed by atoms with van der Waals surface area (Å²) < 4.78 is 7.18. The molecule has 0 aliphatic rings. The molecule has 0 unspecified atom stereocenters. The molecule has 2 nitrogen and oxygen atoms in total. The van der Waals surface area contributed by atoms with Crippen LogP contribution in [0.25, 0.3) is 0 Å². The minimum Gasteiger partial charge on any atom is -0.492 e. The fourth-order valence-electron chi connectivity index (χ4n) is 1.77. The van der Waals surface area contributed by atoms with E-state index in [2.05, 4.69) is 38.8 Å². The Bertz CT molecular complexity index is 624. The second kappa shape index (κ2) is 7.04. The lowest BCUT2D eigenvalue weighted by molar-refractivity contribution is 0.103. The fraction of sp³-hybridized carbons (Fsp3) is 0.188. The Hall–Kier alpha value is -1.13. The van der Waals surface area contributed by atoms with Crippen LogP contribution >= 0.6 is 31.9 Å². The number of hydrogen-bond donors (Lipinski definition) is 0. The lowest BCUT2D eigenvalue weighted by Crippen LogP contribution is -2.03. The number of carbonyl (C=O) groups excluding carboxylic acids is 1. The van der Waals surface area contributed by atoms with Gasteiger partial charge in [-0.3, -0.25) is 4.79 Å². The maximum Gasteiger partial charge on any atom is 0.194 e. The molecule has 0 aliphatic heterocycles. The SMILES string of the molecule is CCCOc1ccc(C(=O)c2ccccc2Br)cc1Br. The molecule has 104 valence electrons. The number of ketones is 1. The second-order valence-corrected chi connectivity index (χ2v) is 6.01. The van der Waals surface area contributed by atoms with Crippen LogP contribution in [0.15, 0.2) is 51.4 Å². The van der Waals surface area contributed by atoms with Gasteiger partial charge >= 0.3 is 0 Å². The molecule has 0 bridgehead atoms. The van der Waals surface area contributed by atoms with Crippen molar-refractivity contribution >= 4 is 37.6 Å². The van der Waals surface area contributed by atoms with E-state index in [1.54, 1.807) is 12.1 Å². The van der Waals surface area contributed by atoms with Crippen molar-refractivity contribution in [1.82, 2.24) is 0 Å². The van der Waals surface area contributed by atoms with E-state index in [1.807, 2.05) is 30.3 Å². The summed E-state index contributed by atoms with van der Waals surface area (Å²) in [6.45, 7) is 2.72. The summed E-state index contributed by atoms with van der Waals surface area (Å²) in [5.74, 6) is 0.746. The summed E-state index contributed by atoms with van der Waals surface area (Å²) in [5, 5.41) is 0. The molecule has 0 aliphatic carbocycles. The van der Waals surface area contributed by atoms with Gasteiger partial charge in [0.15, 0.2) is 5.78 Å². The Morgan fingerprint density at radius 3 is 2.50 bits per heavy atom. The van der Waals surface area contributed by atoms with Crippen molar-refractivity contribution in [2.24, 2.45) is 0 Å². The van der Waals surface area contributed by atoms with Gasteiger partial charge in [0, 0.05) is 15.6 Å². The summed E-state index contributed by atoms with van der Waals surface area (Å²) in [6, 6.07) is 12.8. The van der Waals surface area contributed by atoms with E-state index in [1.165, 1.54) is 0 Å². The van der Waals surface area contributed by atoms with Crippen LogP contribution in [0.4, 0.5) is 0 Å². The number of carbonyl (C=O) groups is 1. The van der Waals surface area contributed by atoms with E-state index in [9.17, 15) is 4.79 Å². The van der Waals surface area contributed by atoms with Gasteiger partial charge in [0.05, 0.1) is 11.1 Å². The highest BCUT2D eigenvalue weighted by molar-refractivity contribution is 9.10. The summed E-state index contributed by atoms with van der Waals surface area (Å²) in [7, 11) is 0. The number of rotatable bonds is 5. The highest BCUT2D eigenvalue weighted by Gasteiger charge is 2.13. The lowest BCUT2D eigenvalue weighted by Gasteiger charge is -2.09. The summed E-state index contributed by atoms with van der Waals surface area (Å²) in [5.41, 5.74) is 1.29. The Kier molecular flexibility index (Phi) is 5.38. The normalized spacial score (nSPS) is 10.3. The molecule has 0 amide bonds. The van der Waals surface area contributed by atoms with Gasteiger partial charge in [0.2, 0.25) is 0 Å². The van der Waals surface area contributed by atoms with Crippen LogP contribution in [0.1, 0.15) is 29.3 Å². The van der Waals surface area contributed by atoms with Gasteiger partial charge < -0.3 is 4.74 Å². The van der Waals surface area contributed by atoms with Crippen LogP contribution in [0.5, 0.6) is 5.75 Å². The molecule has 0 fully saturated rings. The van der Waals surface area contributed by atoms with Gasteiger partial charge in [-0.1, -0.05) is 35.0 Å². The van der Waals surface area contributed by atoms with E-state index in [-0.39, 0.29) is 5.78 Å². The zero-order valence-electron chi connectivity index (χ0n) is 11.0. The van der Waals surface area contributed by atoms with Crippen molar-refractivity contribution in [3.05, 3.63) is 62.5 Å². The van der Waals surface area contributed by atoms with Crippen LogP contribution < -0.4 is 4.74 Å². The van der Waals surface area contributed by atoms with Gasteiger partial charge in [0.1, 0.15) is 5.75 Å². The molecule has 0 heterocycles. The molecule has 0 atom stereocenters. The first-order valence-corrected chi connectivity index (χ1v) is 7.93. The molecule has 0 saturated carbocycles. The van der Waals surface area contributed by atoms with Gasteiger partial charge in [-0.25, -0.2) is 0 Å². The fourth-order valence-corrected chi connectivity index (χ4v) is 2.73. The third-order valence-corrected chi connectivity index (χ3v) is 4.09. The first kappa shape index (κ1) is 15.3. The highest BCUT2D eigenvalue weighted by atomic mass is 79.9. The third-order valence-electron chi connectivity index (χ3n) is 2.77. The molecular weight excluding hydrogens is 384 g/mol. The molecule has 0 spiro atoms. The van der Waals surface area contributed by atoms with Crippen molar-refractivity contribution < 1.29 is 9.53 Å². The molecule has 0 saturated heterocycles. The number of halogens is 2. The summed E-state index contributed by atoms with van der Waals surface area (Å²) in [6.07, 6.45) is 0.948. The van der Waals surface area contributed by atoms with E-state index in [0.29, 0.717) is 17.7 Å². The standard InChI is InChI=1S/C16H14Br2O2/c1-2-9-20-15-8-7-11(10-14(15)18)16(19)12-5-3-4-6-13(12)17/h3-8,10H,2,9H2,1H3. The molecular formula is C16H14Br2O2. The van der Waals surface area contributed by atoms with Crippen molar-refractivity contribution in [3.63, 3.8) is 0 Å². The second-order valence-electron chi connectivity index (χ2n) is 4.30. The van der Waals surface area contributed by atoms with Crippen LogP contribution in [0, 0.1) is 0 Å². The molecule has 20 heavy (non-hydrogen) atoms. The zero-order chi connectivity index (χ0) is 14.5. The Morgan fingerprint density at radius 1 is 1.10 bits per heavy atom. The monoisotopic (exact) mass is 396 g/mol. The first-order chi connectivity index (χ1) is 9.63. The van der Waals surface area contributed by atoms with Gasteiger partial charge in [-0.05, 0) is 52.7 Å². The largest absolute Gasteiger partial charge is 0.492 e. The molecule has 0 radical (unpaired) electrons. The minimum atomic E-state index is -0.0137. The highest BCUT2D eigenvalue weighted by Crippen LogP contribution is 2.28. The van der Waals surface area contributed by atoms with Crippen molar-refractivity contribution in [3.8, 4) is 5.75 Å². The van der Waals surface area contributed by atoms with Crippen LogP contribution in [0.2, 0.25) is 0 Å². The van der Waals surface area contributed by atoms with Gasteiger partial charge in [-0.2, -0.15) is 0 Å².